The van der Waals surface area contributed by atoms with E-state index in [1.807, 2.05) is 10.6 Å². The predicted octanol–water partition coefficient (Wildman–Crippen LogP) is 3.86. The highest BCUT2D eigenvalue weighted by atomic mass is 32.2. The van der Waals surface area contributed by atoms with E-state index in [1.54, 1.807) is 29.2 Å². The molecule has 2 aliphatic rings. The van der Waals surface area contributed by atoms with Gasteiger partial charge in [-0.25, -0.2) is 4.39 Å². The summed E-state index contributed by atoms with van der Waals surface area (Å²) < 4.78 is 21.6. The van der Waals surface area contributed by atoms with Crippen LogP contribution in [0.25, 0.3) is 11.4 Å². The second-order valence-electron chi connectivity index (χ2n) is 8.03. The van der Waals surface area contributed by atoms with Crippen LogP contribution in [0, 0.1) is 5.82 Å². The minimum atomic E-state index is -0.336. The number of amides is 1. The number of thioether (sulfide) groups is 1. The summed E-state index contributed by atoms with van der Waals surface area (Å²) >= 11 is 2.68. The predicted molar refractivity (Wildman–Crippen MR) is 124 cm³/mol. The Labute approximate surface area is 199 Å². The Bertz CT molecular complexity index is 1170. The second-order valence-corrected chi connectivity index (χ2v) is 10.1. The van der Waals surface area contributed by atoms with Crippen molar-refractivity contribution >= 4 is 34.8 Å². The third-order valence-corrected chi connectivity index (χ3v) is 7.72. The number of ether oxygens (including phenoxy) is 1. The number of carbonyl (C=O) groups excluding carboxylic acids is 2. The Hall–Kier alpha value is -2.56. The summed E-state index contributed by atoms with van der Waals surface area (Å²) in [6.07, 6.45) is 2.28. The number of Topliss-reactive ketones (excluding diaryl/α,β-unsaturated/α-hetero) is 1. The van der Waals surface area contributed by atoms with Gasteiger partial charge in [0.1, 0.15) is 5.82 Å². The van der Waals surface area contributed by atoms with Gasteiger partial charge in [0.05, 0.1) is 35.8 Å². The topological polar surface area (TPSA) is 77.3 Å². The number of rotatable bonds is 8. The summed E-state index contributed by atoms with van der Waals surface area (Å²) in [6, 6.07) is 10.4. The molecule has 1 aliphatic carbocycles. The first-order valence-corrected chi connectivity index (χ1v) is 12.7. The highest BCUT2D eigenvalue weighted by Crippen LogP contribution is 2.41. The van der Waals surface area contributed by atoms with Crippen LogP contribution in [0.1, 0.15) is 33.4 Å². The van der Waals surface area contributed by atoms with E-state index in [2.05, 4.69) is 10.2 Å². The van der Waals surface area contributed by atoms with Crippen LogP contribution in [0.4, 0.5) is 4.39 Å². The first-order valence-electron chi connectivity index (χ1n) is 10.9. The van der Waals surface area contributed by atoms with Gasteiger partial charge in [0, 0.05) is 24.0 Å². The molecule has 10 heteroatoms. The number of nitrogens with zero attached hydrogens (tertiary/aromatic N) is 4. The SMILES string of the molecule is O=C(CSc1nnc(-c2ccccc2F)n1C1CC1)c1ccc(CC(=O)N2CCOCC2)s1. The van der Waals surface area contributed by atoms with Crippen molar-refractivity contribution in [3.8, 4) is 11.4 Å². The first-order chi connectivity index (χ1) is 16.1. The lowest BCUT2D eigenvalue weighted by Gasteiger charge is -2.26. The van der Waals surface area contributed by atoms with Crippen molar-refractivity contribution in [2.24, 2.45) is 0 Å². The largest absolute Gasteiger partial charge is 0.378 e. The first kappa shape index (κ1) is 22.2. The van der Waals surface area contributed by atoms with Crippen molar-refractivity contribution in [3.05, 3.63) is 52.0 Å². The molecule has 33 heavy (non-hydrogen) atoms. The third-order valence-electron chi connectivity index (χ3n) is 5.65. The number of halogens is 1. The Morgan fingerprint density at radius 2 is 1.91 bits per heavy atom. The highest BCUT2D eigenvalue weighted by Gasteiger charge is 2.31. The molecule has 3 heterocycles. The van der Waals surface area contributed by atoms with Crippen molar-refractivity contribution in [1.29, 1.82) is 0 Å². The van der Waals surface area contributed by atoms with Crippen LogP contribution in [0.3, 0.4) is 0 Å². The number of morpholine rings is 1. The Kier molecular flexibility index (Phi) is 6.57. The number of thiophene rings is 1. The van der Waals surface area contributed by atoms with Crippen LogP contribution in [0.5, 0.6) is 0 Å². The molecule has 0 spiro atoms. The van der Waals surface area contributed by atoms with Crippen LogP contribution in [0.15, 0.2) is 41.6 Å². The molecular formula is C23H23FN4O3S2. The number of carbonyl (C=O) groups is 2. The number of aromatic nitrogens is 3. The van der Waals surface area contributed by atoms with Crippen molar-refractivity contribution in [1.82, 2.24) is 19.7 Å². The van der Waals surface area contributed by atoms with Gasteiger partial charge in [-0.15, -0.1) is 21.5 Å². The number of ketones is 1. The molecule has 3 aromatic rings. The molecule has 1 aliphatic heterocycles. The molecule has 1 saturated heterocycles. The molecule has 2 fully saturated rings. The molecule has 1 aromatic carbocycles. The van der Waals surface area contributed by atoms with E-state index >= 15 is 0 Å². The maximum absolute atomic E-state index is 14.3. The summed E-state index contributed by atoms with van der Waals surface area (Å²) in [5.74, 6) is 0.418. The van der Waals surface area contributed by atoms with Gasteiger partial charge in [-0.1, -0.05) is 23.9 Å². The Morgan fingerprint density at radius 1 is 1.12 bits per heavy atom. The average Bonchev–Trinajstić information content (AvgIpc) is 3.41. The fourth-order valence-electron chi connectivity index (χ4n) is 3.76. The van der Waals surface area contributed by atoms with E-state index in [0.717, 1.165) is 17.7 Å². The molecule has 7 nitrogen and oxygen atoms in total. The monoisotopic (exact) mass is 486 g/mol. The molecule has 5 rings (SSSR count). The van der Waals surface area contributed by atoms with Gasteiger partial charge in [-0.2, -0.15) is 0 Å². The molecule has 2 aromatic heterocycles. The average molecular weight is 487 g/mol. The summed E-state index contributed by atoms with van der Waals surface area (Å²) in [5, 5.41) is 9.12. The summed E-state index contributed by atoms with van der Waals surface area (Å²) in [6.45, 7) is 2.37. The molecule has 0 N–H and O–H groups in total. The Balaban J connectivity index is 1.24. The second kappa shape index (κ2) is 9.74. The molecule has 0 bridgehead atoms. The van der Waals surface area contributed by atoms with Crippen LogP contribution in [-0.4, -0.2) is 63.4 Å². The molecule has 172 valence electrons. The van der Waals surface area contributed by atoms with Crippen LogP contribution in [-0.2, 0) is 16.0 Å². The van der Waals surface area contributed by atoms with Gasteiger partial charge in [0.15, 0.2) is 16.8 Å². The van der Waals surface area contributed by atoms with Crippen LogP contribution in [0.2, 0.25) is 0 Å². The van der Waals surface area contributed by atoms with E-state index < -0.39 is 0 Å². The molecule has 0 unspecified atom stereocenters. The fraction of sp³-hybridized carbons (Fsp3) is 0.391. The highest BCUT2D eigenvalue weighted by molar-refractivity contribution is 7.99. The smallest absolute Gasteiger partial charge is 0.227 e. The van der Waals surface area contributed by atoms with Gasteiger partial charge in [-0.3, -0.25) is 14.2 Å². The van der Waals surface area contributed by atoms with E-state index in [-0.39, 0.29) is 29.3 Å². The van der Waals surface area contributed by atoms with Crippen molar-refractivity contribution < 1.29 is 18.7 Å². The lowest BCUT2D eigenvalue weighted by molar-refractivity contribution is -0.134. The van der Waals surface area contributed by atoms with Crippen molar-refractivity contribution in [2.45, 2.75) is 30.5 Å². The number of benzene rings is 1. The van der Waals surface area contributed by atoms with Gasteiger partial charge in [0.2, 0.25) is 5.91 Å². The number of hydrogen-bond donors (Lipinski definition) is 0. The van der Waals surface area contributed by atoms with E-state index in [0.29, 0.717) is 54.1 Å². The molecule has 0 radical (unpaired) electrons. The maximum Gasteiger partial charge on any atom is 0.227 e. The summed E-state index contributed by atoms with van der Waals surface area (Å²) in [4.78, 5) is 28.6. The lowest BCUT2D eigenvalue weighted by Crippen LogP contribution is -2.41. The van der Waals surface area contributed by atoms with Gasteiger partial charge in [0.25, 0.3) is 0 Å². The zero-order valence-corrected chi connectivity index (χ0v) is 19.5. The third kappa shape index (κ3) is 5.02. The zero-order chi connectivity index (χ0) is 22.8. The van der Waals surface area contributed by atoms with E-state index in [9.17, 15) is 14.0 Å². The summed E-state index contributed by atoms with van der Waals surface area (Å²) in [5.41, 5.74) is 0.419. The quantitative estimate of drug-likeness (QED) is 0.356. The standard InChI is InChI=1S/C23H23FN4O3S2/c24-18-4-2-1-3-17(18)22-25-26-23(28(22)15-5-6-15)32-14-19(29)20-8-7-16(33-20)13-21(30)27-9-11-31-12-10-27/h1-4,7-8,15H,5-6,9-14H2. The van der Waals surface area contributed by atoms with E-state index in [4.69, 9.17) is 4.74 Å². The molecule has 0 atom stereocenters. The molecule has 1 saturated carbocycles. The lowest BCUT2D eigenvalue weighted by atomic mass is 10.2. The van der Waals surface area contributed by atoms with Gasteiger partial charge >= 0.3 is 0 Å². The molecular weight excluding hydrogens is 463 g/mol. The maximum atomic E-state index is 14.3. The van der Waals surface area contributed by atoms with Gasteiger partial charge < -0.3 is 9.64 Å². The Morgan fingerprint density at radius 3 is 2.67 bits per heavy atom. The molecule has 1 amide bonds. The van der Waals surface area contributed by atoms with Crippen molar-refractivity contribution in [2.75, 3.05) is 32.1 Å². The van der Waals surface area contributed by atoms with E-state index in [1.165, 1.54) is 29.2 Å². The zero-order valence-electron chi connectivity index (χ0n) is 17.9. The minimum Gasteiger partial charge on any atom is -0.378 e. The normalized spacial score (nSPS) is 16.2. The number of hydrogen-bond acceptors (Lipinski definition) is 7. The summed E-state index contributed by atoms with van der Waals surface area (Å²) in [7, 11) is 0. The van der Waals surface area contributed by atoms with Crippen LogP contribution >= 0.6 is 23.1 Å². The minimum absolute atomic E-state index is 0.0205. The van der Waals surface area contributed by atoms with Crippen LogP contribution < -0.4 is 0 Å². The van der Waals surface area contributed by atoms with Crippen molar-refractivity contribution in [3.63, 3.8) is 0 Å². The fourth-order valence-corrected chi connectivity index (χ4v) is 5.68. The van der Waals surface area contributed by atoms with Gasteiger partial charge in [-0.05, 0) is 37.1 Å².